The van der Waals surface area contributed by atoms with Crippen LogP contribution in [0.4, 0.5) is 0 Å². The molecule has 0 heterocycles. The van der Waals surface area contributed by atoms with Crippen molar-refractivity contribution in [3.05, 3.63) is 35.9 Å². The highest BCUT2D eigenvalue weighted by molar-refractivity contribution is 5.75. The van der Waals surface area contributed by atoms with Crippen molar-refractivity contribution in [3.8, 4) is 0 Å². The Bertz CT molecular complexity index is 447. The number of benzene rings is 1. The van der Waals surface area contributed by atoms with Gasteiger partial charge in [-0.3, -0.25) is 4.79 Å². The Morgan fingerprint density at radius 2 is 1.42 bits per heavy atom. The molecule has 1 aromatic rings. The van der Waals surface area contributed by atoms with Gasteiger partial charge in [-0.2, -0.15) is 0 Å². The maximum absolute atomic E-state index is 11.8. The zero-order valence-electron chi connectivity index (χ0n) is 16.7. The Kier molecular flexibility index (Phi) is 13.8. The minimum Gasteiger partial charge on any atom is -0.388 e. The van der Waals surface area contributed by atoms with Crippen LogP contribution >= 0.6 is 0 Å². The van der Waals surface area contributed by atoms with Gasteiger partial charge in [-0.15, -0.1) is 0 Å². The number of carbonyl (C=O) groups excluding carboxylic acids is 1. The van der Waals surface area contributed by atoms with E-state index in [-0.39, 0.29) is 5.91 Å². The van der Waals surface area contributed by atoms with E-state index in [0.717, 1.165) is 18.4 Å². The molecule has 0 fully saturated rings. The Morgan fingerprint density at radius 3 is 2.00 bits per heavy atom. The Hall–Kier alpha value is -1.35. The van der Waals surface area contributed by atoms with Crippen LogP contribution in [0.2, 0.25) is 0 Å². The minimum atomic E-state index is -0.501. The summed E-state index contributed by atoms with van der Waals surface area (Å²) in [4.78, 5) is 11.8. The van der Waals surface area contributed by atoms with E-state index >= 15 is 0 Å². The second-order valence-corrected chi connectivity index (χ2v) is 7.35. The van der Waals surface area contributed by atoms with Crippen molar-refractivity contribution in [2.75, 3.05) is 6.54 Å². The van der Waals surface area contributed by atoms with Crippen molar-refractivity contribution < 1.29 is 9.90 Å². The van der Waals surface area contributed by atoms with Gasteiger partial charge < -0.3 is 10.4 Å². The van der Waals surface area contributed by atoms with Crippen molar-refractivity contribution in [1.29, 1.82) is 0 Å². The standard InChI is InChI=1S/C23H39NO2/c1-2-3-4-5-6-7-8-9-10-11-15-18-23(26)24-20-19-22(25)21-16-13-12-14-17-21/h12-14,16-17,22,25H,2-11,15,18-20H2,1H3,(H,24,26). The summed E-state index contributed by atoms with van der Waals surface area (Å²) < 4.78 is 0. The molecule has 0 aromatic heterocycles. The fourth-order valence-electron chi connectivity index (χ4n) is 3.23. The predicted octanol–water partition coefficient (Wildman–Crippen LogP) is 5.93. The molecule has 1 atom stereocenters. The van der Waals surface area contributed by atoms with Gasteiger partial charge in [0.1, 0.15) is 0 Å². The van der Waals surface area contributed by atoms with Crippen LogP contribution in [0.15, 0.2) is 30.3 Å². The van der Waals surface area contributed by atoms with E-state index in [0.29, 0.717) is 19.4 Å². The Labute approximate surface area is 160 Å². The lowest BCUT2D eigenvalue weighted by atomic mass is 10.1. The van der Waals surface area contributed by atoms with E-state index in [2.05, 4.69) is 12.2 Å². The van der Waals surface area contributed by atoms with Crippen LogP contribution in [0.5, 0.6) is 0 Å². The van der Waals surface area contributed by atoms with Crippen LogP contribution in [0.1, 0.15) is 102 Å². The van der Waals surface area contributed by atoms with Crippen LogP contribution in [0.3, 0.4) is 0 Å². The van der Waals surface area contributed by atoms with Gasteiger partial charge in [0.2, 0.25) is 5.91 Å². The number of amides is 1. The Morgan fingerprint density at radius 1 is 0.885 bits per heavy atom. The summed E-state index contributed by atoms with van der Waals surface area (Å²) in [5.41, 5.74) is 0.909. The highest BCUT2D eigenvalue weighted by Gasteiger charge is 2.07. The summed E-state index contributed by atoms with van der Waals surface area (Å²) in [6.07, 6.45) is 14.9. The first-order chi connectivity index (χ1) is 12.7. The molecule has 0 aliphatic heterocycles. The lowest BCUT2D eigenvalue weighted by Gasteiger charge is -2.11. The number of hydrogen-bond acceptors (Lipinski definition) is 2. The largest absolute Gasteiger partial charge is 0.388 e. The van der Waals surface area contributed by atoms with Crippen LogP contribution in [-0.2, 0) is 4.79 Å². The van der Waals surface area contributed by atoms with Gasteiger partial charge >= 0.3 is 0 Å². The molecule has 0 aliphatic carbocycles. The second kappa shape index (κ2) is 15.9. The SMILES string of the molecule is CCCCCCCCCCCCCC(=O)NCCC(O)c1ccccc1. The molecule has 1 unspecified atom stereocenters. The molecule has 0 aliphatic rings. The van der Waals surface area contributed by atoms with E-state index in [1.54, 1.807) is 0 Å². The second-order valence-electron chi connectivity index (χ2n) is 7.35. The zero-order chi connectivity index (χ0) is 18.9. The molecule has 0 saturated heterocycles. The molecule has 26 heavy (non-hydrogen) atoms. The third-order valence-electron chi connectivity index (χ3n) is 4.93. The Balaban J connectivity index is 1.88. The molecule has 2 N–H and O–H groups in total. The highest BCUT2D eigenvalue weighted by atomic mass is 16.3. The molecule has 1 amide bonds. The lowest BCUT2D eigenvalue weighted by molar-refractivity contribution is -0.121. The molecule has 0 saturated carbocycles. The first kappa shape index (κ1) is 22.7. The van der Waals surface area contributed by atoms with Crippen molar-refractivity contribution in [3.63, 3.8) is 0 Å². The number of hydrogen-bond donors (Lipinski definition) is 2. The number of unbranched alkanes of at least 4 members (excludes halogenated alkanes) is 10. The van der Waals surface area contributed by atoms with Gasteiger partial charge in [-0.05, 0) is 18.4 Å². The summed E-state index contributed by atoms with van der Waals surface area (Å²) in [6.45, 7) is 2.79. The fraction of sp³-hybridized carbons (Fsp3) is 0.696. The summed E-state index contributed by atoms with van der Waals surface area (Å²) in [6, 6.07) is 9.61. The maximum atomic E-state index is 11.8. The summed E-state index contributed by atoms with van der Waals surface area (Å²) in [7, 11) is 0. The van der Waals surface area contributed by atoms with E-state index in [4.69, 9.17) is 0 Å². The molecule has 3 heteroatoms. The van der Waals surface area contributed by atoms with Crippen LogP contribution < -0.4 is 5.32 Å². The van der Waals surface area contributed by atoms with Crippen LogP contribution in [-0.4, -0.2) is 17.6 Å². The van der Waals surface area contributed by atoms with Gasteiger partial charge in [-0.1, -0.05) is 101 Å². The molecule has 1 rings (SSSR count). The van der Waals surface area contributed by atoms with Crippen molar-refractivity contribution in [1.82, 2.24) is 5.32 Å². The topological polar surface area (TPSA) is 49.3 Å². The monoisotopic (exact) mass is 361 g/mol. The van der Waals surface area contributed by atoms with Crippen molar-refractivity contribution >= 4 is 5.91 Å². The minimum absolute atomic E-state index is 0.112. The first-order valence-corrected chi connectivity index (χ1v) is 10.7. The van der Waals surface area contributed by atoms with Crippen molar-refractivity contribution in [2.24, 2.45) is 0 Å². The molecule has 0 spiro atoms. The number of rotatable bonds is 16. The number of aliphatic hydroxyl groups excluding tert-OH is 1. The van der Waals surface area contributed by atoms with Gasteiger partial charge in [-0.25, -0.2) is 0 Å². The predicted molar refractivity (Wildman–Crippen MR) is 110 cm³/mol. The van der Waals surface area contributed by atoms with E-state index < -0.39 is 6.10 Å². The first-order valence-electron chi connectivity index (χ1n) is 10.7. The maximum Gasteiger partial charge on any atom is 0.219 e. The molecule has 3 nitrogen and oxygen atoms in total. The van der Waals surface area contributed by atoms with Gasteiger partial charge in [0.05, 0.1) is 6.10 Å². The average Bonchev–Trinajstić information content (AvgIpc) is 2.66. The quantitative estimate of drug-likeness (QED) is 0.359. The van der Waals surface area contributed by atoms with E-state index in [1.807, 2.05) is 30.3 Å². The molecular formula is C23H39NO2. The fourth-order valence-corrected chi connectivity index (χ4v) is 3.23. The molecule has 0 bridgehead atoms. The molecule has 148 valence electrons. The van der Waals surface area contributed by atoms with E-state index in [9.17, 15) is 9.90 Å². The number of carbonyl (C=O) groups is 1. The summed E-state index contributed by atoms with van der Waals surface area (Å²) in [5.74, 6) is 0.112. The zero-order valence-corrected chi connectivity index (χ0v) is 16.7. The average molecular weight is 362 g/mol. The molecule has 1 aromatic carbocycles. The number of nitrogens with one attached hydrogen (secondary N) is 1. The van der Waals surface area contributed by atoms with E-state index in [1.165, 1.54) is 57.8 Å². The van der Waals surface area contributed by atoms with Crippen molar-refractivity contribution in [2.45, 2.75) is 96.5 Å². The van der Waals surface area contributed by atoms with Crippen LogP contribution in [0.25, 0.3) is 0 Å². The smallest absolute Gasteiger partial charge is 0.219 e. The van der Waals surface area contributed by atoms with Crippen LogP contribution in [0, 0.1) is 0 Å². The third kappa shape index (κ3) is 12.1. The molecule has 0 radical (unpaired) electrons. The summed E-state index contributed by atoms with van der Waals surface area (Å²) in [5, 5.41) is 13.0. The number of aliphatic hydroxyl groups is 1. The molecular weight excluding hydrogens is 322 g/mol. The summed E-state index contributed by atoms with van der Waals surface area (Å²) >= 11 is 0. The van der Waals surface area contributed by atoms with Gasteiger partial charge in [0.15, 0.2) is 0 Å². The highest BCUT2D eigenvalue weighted by Crippen LogP contribution is 2.15. The van der Waals surface area contributed by atoms with Gasteiger partial charge in [0, 0.05) is 13.0 Å². The lowest BCUT2D eigenvalue weighted by Crippen LogP contribution is -2.25. The van der Waals surface area contributed by atoms with Gasteiger partial charge in [0.25, 0.3) is 0 Å². The normalized spacial score (nSPS) is 12.1. The third-order valence-corrected chi connectivity index (χ3v) is 4.93.